The molecule has 3 aromatic rings. The number of hydrogen-bond donors (Lipinski definition) is 0. The highest BCUT2D eigenvalue weighted by molar-refractivity contribution is 7.92. The lowest BCUT2D eigenvalue weighted by Gasteiger charge is -2.24. The van der Waals surface area contributed by atoms with Crippen molar-refractivity contribution in [1.82, 2.24) is 4.98 Å². The zero-order valence-corrected chi connectivity index (χ0v) is 19.1. The lowest BCUT2D eigenvalue weighted by molar-refractivity contribution is -0.141. The molecule has 0 saturated heterocycles. The molecule has 0 bridgehead atoms. The molecule has 0 aliphatic rings. The number of aryl methyl sites for hydroxylation is 1. The van der Waals surface area contributed by atoms with Crippen LogP contribution in [-0.2, 0) is 16.0 Å². The van der Waals surface area contributed by atoms with E-state index < -0.39 is 27.0 Å². The Kier molecular flexibility index (Phi) is 6.87. The van der Waals surface area contributed by atoms with Crippen molar-refractivity contribution in [3.63, 3.8) is 0 Å². The summed E-state index contributed by atoms with van der Waals surface area (Å²) in [5.41, 5.74) is -0.152. The molecule has 0 spiro atoms. The van der Waals surface area contributed by atoms with Crippen molar-refractivity contribution in [3.05, 3.63) is 77.1 Å². The molecular formula is C23H22F3NO5S. The van der Waals surface area contributed by atoms with Crippen molar-refractivity contribution in [1.29, 1.82) is 0 Å². The van der Waals surface area contributed by atoms with E-state index in [2.05, 4.69) is 4.98 Å². The number of halogens is 3. The van der Waals surface area contributed by atoms with Crippen LogP contribution in [0.5, 0.6) is 17.2 Å². The molecule has 0 fully saturated rings. The van der Waals surface area contributed by atoms with Crippen molar-refractivity contribution >= 4 is 9.84 Å². The first kappa shape index (κ1) is 24.4. The second-order valence-electron chi connectivity index (χ2n) is 7.16. The summed E-state index contributed by atoms with van der Waals surface area (Å²) >= 11 is 0. The average molecular weight is 481 g/mol. The number of sulfone groups is 1. The molecule has 10 heteroatoms. The summed E-state index contributed by atoms with van der Waals surface area (Å²) in [6.45, 7) is 1.81. The lowest BCUT2D eigenvalue weighted by Crippen LogP contribution is -2.18. The molecule has 0 unspecified atom stereocenters. The molecular weight excluding hydrogens is 459 g/mol. The Balaban J connectivity index is 2.33. The smallest absolute Gasteiger partial charge is 0.433 e. The largest absolute Gasteiger partial charge is 0.496 e. The Bertz CT molecular complexity index is 1200. The van der Waals surface area contributed by atoms with Gasteiger partial charge >= 0.3 is 6.18 Å². The summed E-state index contributed by atoms with van der Waals surface area (Å²) in [6, 6.07) is 11.0. The van der Waals surface area contributed by atoms with Gasteiger partial charge in [-0.15, -0.1) is 0 Å². The minimum atomic E-state index is -4.67. The second-order valence-corrected chi connectivity index (χ2v) is 9.19. The minimum Gasteiger partial charge on any atom is -0.496 e. The highest BCUT2D eigenvalue weighted by Crippen LogP contribution is 2.46. The number of rotatable bonds is 7. The third-order valence-corrected chi connectivity index (χ3v) is 7.11. The van der Waals surface area contributed by atoms with Gasteiger partial charge in [-0.05, 0) is 30.7 Å². The third kappa shape index (κ3) is 4.90. The van der Waals surface area contributed by atoms with E-state index in [1.807, 2.05) is 6.92 Å². The van der Waals surface area contributed by atoms with Crippen LogP contribution in [0.15, 0.2) is 59.6 Å². The van der Waals surface area contributed by atoms with Gasteiger partial charge in [0, 0.05) is 18.3 Å². The highest BCUT2D eigenvalue weighted by Gasteiger charge is 2.38. The number of hydrogen-bond acceptors (Lipinski definition) is 6. The maximum atomic E-state index is 13.8. The molecule has 1 heterocycles. The maximum absolute atomic E-state index is 13.8. The van der Waals surface area contributed by atoms with Crippen LogP contribution in [0.2, 0.25) is 0 Å². The van der Waals surface area contributed by atoms with Crippen LogP contribution < -0.4 is 14.2 Å². The van der Waals surface area contributed by atoms with Gasteiger partial charge in [-0.3, -0.25) is 4.98 Å². The zero-order valence-electron chi connectivity index (χ0n) is 18.3. The molecule has 1 atom stereocenters. The average Bonchev–Trinajstić information content (AvgIpc) is 2.79. The van der Waals surface area contributed by atoms with Crippen molar-refractivity contribution < 1.29 is 35.8 Å². The monoisotopic (exact) mass is 481 g/mol. The predicted octanol–water partition coefficient (Wildman–Crippen LogP) is 5.00. The Morgan fingerprint density at radius 2 is 1.45 bits per heavy atom. The van der Waals surface area contributed by atoms with E-state index in [1.165, 1.54) is 45.6 Å². The fourth-order valence-corrected chi connectivity index (χ4v) is 5.21. The van der Waals surface area contributed by atoms with Crippen LogP contribution >= 0.6 is 0 Å². The first-order chi connectivity index (χ1) is 15.5. The fourth-order valence-electron chi connectivity index (χ4n) is 3.38. The number of benzene rings is 2. The Hall–Kier alpha value is -3.27. The highest BCUT2D eigenvalue weighted by atomic mass is 32.2. The summed E-state index contributed by atoms with van der Waals surface area (Å²) in [4.78, 5) is 3.45. The van der Waals surface area contributed by atoms with Crippen LogP contribution in [0.3, 0.4) is 0 Å². The van der Waals surface area contributed by atoms with E-state index in [-0.39, 0.29) is 27.5 Å². The quantitative estimate of drug-likeness (QED) is 0.473. The van der Waals surface area contributed by atoms with E-state index in [0.717, 1.165) is 23.9 Å². The van der Waals surface area contributed by atoms with Gasteiger partial charge in [0.05, 0.1) is 31.8 Å². The molecule has 1 aromatic heterocycles. The van der Waals surface area contributed by atoms with Gasteiger partial charge in [0.2, 0.25) is 0 Å². The standard InChI is InChI=1S/C23H22F3NO5S/c1-14-5-8-17(9-6-14)33(28,29)22(15-7-10-20(27-13-15)23(24,25)26)21-18(31-3)11-16(30-2)12-19(21)32-4/h5-13,22H,1-4H3/t22-/m1/s1. The lowest BCUT2D eigenvalue weighted by atomic mass is 10.0. The first-order valence-corrected chi connectivity index (χ1v) is 11.2. The van der Waals surface area contributed by atoms with E-state index >= 15 is 0 Å². The molecule has 33 heavy (non-hydrogen) atoms. The normalized spacial score (nSPS) is 12.8. The van der Waals surface area contributed by atoms with Gasteiger partial charge < -0.3 is 14.2 Å². The molecule has 0 aliphatic heterocycles. The fraction of sp³-hybridized carbons (Fsp3) is 0.261. The number of nitrogens with zero attached hydrogens (tertiary/aromatic N) is 1. The third-order valence-electron chi connectivity index (χ3n) is 5.05. The molecule has 2 aromatic carbocycles. The molecule has 0 N–H and O–H groups in total. The van der Waals surface area contributed by atoms with Gasteiger partial charge in [0.1, 0.15) is 28.2 Å². The summed E-state index contributed by atoms with van der Waals surface area (Å²) in [5.74, 6) is 0.614. The molecule has 0 radical (unpaired) electrons. The van der Waals surface area contributed by atoms with Crippen molar-refractivity contribution in [3.8, 4) is 17.2 Å². The van der Waals surface area contributed by atoms with Gasteiger partial charge in [-0.25, -0.2) is 8.42 Å². The summed E-state index contributed by atoms with van der Waals surface area (Å²) < 4.78 is 83.0. The molecule has 176 valence electrons. The van der Waals surface area contributed by atoms with Crippen molar-refractivity contribution in [2.45, 2.75) is 23.2 Å². The van der Waals surface area contributed by atoms with Crippen LogP contribution in [0, 0.1) is 6.92 Å². The Morgan fingerprint density at radius 1 is 0.879 bits per heavy atom. The van der Waals surface area contributed by atoms with E-state index in [9.17, 15) is 21.6 Å². The summed E-state index contributed by atoms with van der Waals surface area (Å²) in [5, 5.41) is -1.47. The van der Waals surface area contributed by atoms with Crippen molar-refractivity contribution in [2.24, 2.45) is 0 Å². The van der Waals surface area contributed by atoms with Gasteiger partial charge in [0.25, 0.3) is 0 Å². The van der Waals surface area contributed by atoms with E-state index in [1.54, 1.807) is 12.1 Å². The van der Waals surface area contributed by atoms with Gasteiger partial charge in [-0.1, -0.05) is 23.8 Å². The van der Waals surface area contributed by atoms with E-state index in [0.29, 0.717) is 5.75 Å². The molecule has 3 rings (SSSR count). The number of alkyl halides is 3. The summed E-state index contributed by atoms with van der Waals surface area (Å²) in [6.07, 6.45) is -3.76. The Morgan fingerprint density at radius 3 is 1.88 bits per heavy atom. The molecule has 0 amide bonds. The summed E-state index contributed by atoms with van der Waals surface area (Å²) in [7, 11) is -0.0633. The predicted molar refractivity (Wildman–Crippen MR) is 116 cm³/mol. The van der Waals surface area contributed by atoms with Crippen molar-refractivity contribution in [2.75, 3.05) is 21.3 Å². The van der Waals surface area contributed by atoms with Gasteiger partial charge in [0.15, 0.2) is 9.84 Å². The topological polar surface area (TPSA) is 74.7 Å². The second kappa shape index (κ2) is 9.30. The molecule has 0 aliphatic carbocycles. The maximum Gasteiger partial charge on any atom is 0.433 e. The SMILES string of the molecule is COc1cc(OC)c([C@@H](c2ccc(C(F)(F)F)nc2)S(=O)(=O)c2ccc(C)cc2)c(OC)c1. The number of aromatic nitrogens is 1. The number of pyridine rings is 1. The van der Waals surface area contributed by atoms with E-state index in [4.69, 9.17) is 14.2 Å². The van der Waals surface area contributed by atoms with Crippen LogP contribution in [0.4, 0.5) is 13.2 Å². The first-order valence-electron chi connectivity index (χ1n) is 9.66. The zero-order chi connectivity index (χ0) is 24.4. The number of ether oxygens (including phenoxy) is 3. The molecule has 6 nitrogen and oxygen atoms in total. The number of methoxy groups -OCH3 is 3. The van der Waals surface area contributed by atoms with Crippen LogP contribution in [-0.4, -0.2) is 34.7 Å². The van der Waals surface area contributed by atoms with Crippen LogP contribution in [0.1, 0.15) is 27.6 Å². The minimum absolute atomic E-state index is 0.0158. The molecule has 0 saturated carbocycles. The Labute approximate surface area is 189 Å². The van der Waals surface area contributed by atoms with Crippen LogP contribution in [0.25, 0.3) is 0 Å². The van der Waals surface area contributed by atoms with Gasteiger partial charge in [-0.2, -0.15) is 13.2 Å².